The Morgan fingerprint density at radius 3 is 2.43 bits per heavy atom. The van der Waals surface area contributed by atoms with Crippen LogP contribution >= 0.6 is 11.6 Å². The van der Waals surface area contributed by atoms with Crippen molar-refractivity contribution in [1.82, 2.24) is 0 Å². The lowest BCUT2D eigenvalue weighted by atomic mass is 9.95. The fraction of sp³-hybridized carbons (Fsp3) is 0.407. The van der Waals surface area contributed by atoms with E-state index in [0.29, 0.717) is 0 Å². The largest absolute Gasteiger partial charge is 0.100 e. The van der Waals surface area contributed by atoms with Gasteiger partial charge in [0.05, 0.1) is 0 Å². The Labute approximate surface area is 177 Å². The van der Waals surface area contributed by atoms with Crippen LogP contribution < -0.4 is 0 Å². The normalized spacial score (nSPS) is 13.4. The van der Waals surface area contributed by atoms with Gasteiger partial charge in [0.1, 0.15) is 0 Å². The van der Waals surface area contributed by atoms with Gasteiger partial charge in [-0.3, -0.25) is 0 Å². The molecule has 0 N–H and O–H groups in total. The Balaban J connectivity index is 0.000000200. The van der Waals surface area contributed by atoms with Crippen molar-refractivity contribution in [2.75, 3.05) is 0 Å². The minimum absolute atomic E-state index is 0.845. The molecule has 0 saturated heterocycles. The highest BCUT2D eigenvalue weighted by molar-refractivity contribution is 6.30. The molecule has 0 bridgehead atoms. The van der Waals surface area contributed by atoms with E-state index < -0.39 is 0 Å². The second-order valence-corrected chi connectivity index (χ2v) is 8.48. The molecular weight excluding hydrogens is 360 g/mol. The van der Waals surface area contributed by atoms with E-state index in [1.165, 1.54) is 64.6 Å². The number of benzene rings is 2. The lowest BCUT2D eigenvalue weighted by Crippen LogP contribution is -1.95. The average Bonchev–Trinajstić information content (AvgIpc) is 3.15. The molecule has 150 valence electrons. The van der Waals surface area contributed by atoms with Gasteiger partial charge in [0, 0.05) is 5.02 Å². The van der Waals surface area contributed by atoms with Crippen LogP contribution in [-0.2, 0) is 6.42 Å². The number of aryl methyl sites for hydroxylation is 2. The molecule has 2 aromatic carbocycles. The van der Waals surface area contributed by atoms with Gasteiger partial charge in [0.25, 0.3) is 0 Å². The molecule has 1 aliphatic carbocycles. The smallest absolute Gasteiger partial charge is 0.0412 e. The van der Waals surface area contributed by atoms with Crippen molar-refractivity contribution < 1.29 is 0 Å². The molecule has 0 heterocycles. The molecule has 0 aliphatic heterocycles. The van der Waals surface area contributed by atoms with Crippen LogP contribution in [0.5, 0.6) is 0 Å². The summed E-state index contributed by atoms with van der Waals surface area (Å²) in [5, 5.41) is 0.845. The molecular formula is C27H35Cl. The topological polar surface area (TPSA) is 0 Å². The Morgan fingerprint density at radius 2 is 1.79 bits per heavy atom. The Hall–Kier alpha value is -1.79. The van der Waals surface area contributed by atoms with Crippen molar-refractivity contribution in [3.8, 4) is 0 Å². The van der Waals surface area contributed by atoms with Gasteiger partial charge in [0.2, 0.25) is 0 Å². The molecule has 0 nitrogen and oxygen atoms in total. The molecule has 0 aromatic heterocycles. The van der Waals surface area contributed by atoms with Crippen LogP contribution in [0.15, 0.2) is 54.1 Å². The molecule has 0 atom stereocenters. The van der Waals surface area contributed by atoms with Crippen molar-refractivity contribution in [1.29, 1.82) is 0 Å². The SMILES string of the molecule is C=C(C)CCc1ccc(C)c(C)c1C.CCC1=C(c2cccc(Cl)c2)CCC1. The highest BCUT2D eigenvalue weighted by Gasteiger charge is 2.14. The van der Waals surface area contributed by atoms with Crippen molar-refractivity contribution in [3.63, 3.8) is 0 Å². The molecule has 0 saturated carbocycles. The first-order valence-corrected chi connectivity index (χ1v) is 10.9. The molecule has 0 fully saturated rings. The first-order chi connectivity index (χ1) is 13.3. The van der Waals surface area contributed by atoms with Gasteiger partial charge in [-0.25, -0.2) is 0 Å². The van der Waals surface area contributed by atoms with E-state index >= 15 is 0 Å². The van der Waals surface area contributed by atoms with Crippen molar-refractivity contribution in [3.05, 3.63) is 87.0 Å². The van der Waals surface area contributed by atoms with Gasteiger partial charge in [-0.1, -0.05) is 53.9 Å². The summed E-state index contributed by atoms with van der Waals surface area (Å²) in [6.07, 6.45) is 7.22. The minimum atomic E-state index is 0.845. The average molecular weight is 395 g/mol. The van der Waals surface area contributed by atoms with Crippen LogP contribution in [0, 0.1) is 20.8 Å². The second kappa shape index (κ2) is 10.7. The van der Waals surface area contributed by atoms with Crippen LogP contribution in [0.4, 0.5) is 0 Å². The maximum atomic E-state index is 5.99. The number of hydrogen-bond donors (Lipinski definition) is 0. The lowest BCUT2D eigenvalue weighted by molar-refractivity contribution is 0.881. The van der Waals surface area contributed by atoms with Crippen molar-refractivity contribution in [2.24, 2.45) is 0 Å². The maximum Gasteiger partial charge on any atom is 0.0412 e. The van der Waals surface area contributed by atoms with E-state index in [2.05, 4.69) is 65.5 Å². The van der Waals surface area contributed by atoms with Crippen LogP contribution in [0.3, 0.4) is 0 Å². The fourth-order valence-corrected chi connectivity index (χ4v) is 4.04. The molecule has 2 aromatic rings. The zero-order valence-electron chi connectivity index (χ0n) is 18.3. The molecule has 0 amide bonds. The number of hydrogen-bond acceptors (Lipinski definition) is 0. The number of rotatable bonds is 5. The summed E-state index contributed by atoms with van der Waals surface area (Å²) in [7, 11) is 0. The summed E-state index contributed by atoms with van der Waals surface area (Å²) < 4.78 is 0. The third kappa shape index (κ3) is 6.11. The zero-order valence-corrected chi connectivity index (χ0v) is 19.0. The maximum absolute atomic E-state index is 5.99. The summed E-state index contributed by atoms with van der Waals surface area (Å²) in [6.45, 7) is 14.9. The first-order valence-electron chi connectivity index (χ1n) is 10.5. The summed E-state index contributed by atoms with van der Waals surface area (Å²) in [5.41, 5.74) is 11.5. The quantitative estimate of drug-likeness (QED) is 0.444. The van der Waals surface area contributed by atoms with E-state index in [1.807, 2.05) is 12.1 Å². The minimum Gasteiger partial charge on any atom is -0.100 e. The predicted molar refractivity (Wildman–Crippen MR) is 126 cm³/mol. The number of halogens is 1. The molecule has 1 heteroatoms. The molecule has 3 rings (SSSR count). The highest BCUT2D eigenvalue weighted by atomic mass is 35.5. The first kappa shape index (κ1) is 22.5. The zero-order chi connectivity index (χ0) is 20.7. The second-order valence-electron chi connectivity index (χ2n) is 8.05. The third-order valence-corrected chi connectivity index (χ3v) is 6.16. The van der Waals surface area contributed by atoms with Gasteiger partial charge < -0.3 is 0 Å². The fourth-order valence-electron chi connectivity index (χ4n) is 3.85. The summed E-state index contributed by atoms with van der Waals surface area (Å²) in [5.74, 6) is 0. The van der Waals surface area contributed by atoms with Crippen LogP contribution in [0.2, 0.25) is 5.02 Å². The van der Waals surface area contributed by atoms with Crippen molar-refractivity contribution in [2.45, 2.75) is 73.1 Å². The van der Waals surface area contributed by atoms with Gasteiger partial charge in [-0.15, -0.1) is 6.58 Å². The number of allylic oxidation sites excluding steroid dienone is 3. The van der Waals surface area contributed by atoms with Gasteiger partial charge >= 0.3 is 0 Å². The molecule has 0 unspecified atom stereocenters. The van der Waals surface area contributed by atoms with Gasteiger partial charge in [0.15, 0.2) is 0 Å². The van der Waals surface area contributed by atoms with Gasteiger partial charge in [-0.2, -0.15) is 0 Å². The molecule has 0 spiro atoms. The van der Waals surface area contributed by atoms with E-state index in [-0.39, 0.29) is 0 Å². The Bertz CT molecular complexity index is 855. The lowest BCUT2D eigenvalue weighted by Gasteiger charge is -2.10. The monoisotopic (exact) mass is 394 g/mol. The third-order valence-electron chi connectivity index (χ3n) is 5.92. The standard InChI is InChI=1S/C14H20.C13H15Cl/c1-10(2)6-8-14-9-7-11(3)12(4)13(14)5;1-2-10-5-4-8-13(10)11-6-3-7-12(14)9-11/h7,9H,1,6,8H2,2-5H3;3,6-7,9H,2,4-5,8H2,1H3. The van der Waals surface area contributed by atoms with Crippen LogP contribution in [0.25, 0.3) is 5.57 Å². The van der Waals surface area contributed by atoms with E-state index in [0.717, 1.165) is 17.9 Å². The van der Waals surface area contributed by atoms with Gasteiger partial charge in [-0.05, 0) is 112 Å². The molecule has 1 aliphatic rings. The summed E-state index contributed by atoms with van der Waals surface area (Å²) >= 11 is 5.99. The van der Waals surface area contributed by atoms with Crippen molar-refractivity contribution >= 4 is 17.2 Å². The Morgan fingerprint density at radius 1 is 1.04 bits per heavy atom. The van der Waals surface area contributed by atoms with E-state index in [4.69, 9.17) is 11.6 Å². The predicted octanol–water partition coefficient (Wildman–Crippen LogP) is 8.81. The Kier molecular flexibility index (Phi) is 8.58. The molecule has 0 radical (unpaired) electrons. The summed E-state index contributed by atoms with van der Waals surface area (Å²) in [6, 6.07) is 12.7. The van der Waals surface area contributed by atoms with E-state index in [1.54, 1.807) is 5.57 Å². The van der Waals surface area contributed by atoms with Crippen LogP contribution in [-0.4, -0.2) is 0 Å². The van der Waals surface area contributed by atoms with Crippen LogP contribution in [0.1, 0.15) is 73.8 Å². The molecule has 28 heavy (non-hydrogen) atoms. The highest BCUT2D eigenvalue weighted by Crippen LogP contribution is 2.35. The summed E-state index contributed by atoms with van der Waals surface area (Å²) in [4.78, 5) is 0. The van der Waals surface area contributed by atoms with E-state index in [9.17, 15) is 0 Å².